The predicted octanol–water partition coefficient (Wildman–Crippen LogP) is 1.22. The fourth-order valence-electron chi connectivity index (χ4n) is 1.65. The van der Waals surface area contributed by atoms with E-state index in [0.29, 0.717) is 11.3 Å². The number of aryl methyl sites for hydroxylation is 2. The smallest absolute Gasteiger partial charge is 0.276 e. The Kier molecular flexibility index (Phi) is 3.04. The molecule has 2 rings (SSSR count). The summed E-state index contributed by atoms with van der Waals surface area (Å²) in [6.07, 6.45) is 2.82. The van der Waals surface area contributed by atoms with Gasteiger partial charge in [0.1, 0.15) is 0 Å². The highest BCUT2D eigenvalue weighted by Crippen LogP contribution is 2.20. The Hall–Kier alpha value is -1.60. The van der Waals surface area contributed by atoms with Crippen molar-refractivity contribution in [2.45, 2.75) is 11.9 Å². The molecule has 6 nitrogen and oxygen atoms in total. The SMILES string of the molecule is Cc1[nH]ncc1C(=O)c1cc(S(=O)(=O)Cl)n(C)c1. The van der Waals surface area contributed by atoms with Gasteiger partial charge in [0.2, 0.25) is 0 Å². The van der Waals surface area contributed by atoms with Crippen LogP contribution in [0, 0.1) is 6.92 Å². The number of carbonyl (C=O) groups excluding carboxylic acids is 1. The number of nitrogens with one attached hydrogen (secondary N) is 1. The highest BCUT2D eigenvalue weighted by molar-refractivity contribution is 8.13. The van der Waals surface area contributed by atoms with Gasteiger partial charge in [0.15, 0.2) is 10.8 Å². The van der Waals surface area contributed by atoms with Crippen molar-refractivity contribution < 1.29 is 13.2 Å². The van der Waals surface area contributed by atoms with E-state index in [1.165, 1.54) is 30.1 Å². The van der Waals surface area contributed by atoms with Crippen molar-refractivity contribution in [3.05, 3.63) is 35.3 Å². The average molecular weight is 288 g/mol. The summed E-state index contributed by atoms with van der Waals surface area (Å²) in [5.41, 5.74) is 1.28. The maximum Gasteiger partial charge on any atom is 0.276 e. The summed E-state index contributed by atoms with van der Waals surface area (Å²) in [5.74, 6) is -0.302. The number of hydrogen-bond acceptors (Lipinski definition) is 4. The molecule has 0 spiro atoms. The Balaban J connectivity index is 2.49. The van der Waals surface area contributed by atoms with Crippen molar-refractivity contribution in [1.82, 2.24) is 14.8 Å². The molecule has 0 bridgehead atoms. The minimum atomic E-state index is -3.87. The van der Waals surface area contributed by atoms with E-state index in [9.17, 15) is 13.2 Å². The highest BCUT2D eigenvalue weighted by atomic mass is 35.7. The zero-order valence-corrected chi connectivity index (χ0v) is 11.2. The van der Waals surface area contributed by atoms with E-state index in [2.05, 4.69) is 10.2 Å². The van der Waals surface area contributed by atoms with Gasteiger partial charge in [-0.25, -0.2) is 8.42 Å². The van der Waals surface area contributed by atoms with Crippen molar-refractivity contribution in [2.75, 3.05) is 0 Å². The highest BCUT2D eigenvalue weighted by Gasteiger charge is 2.21. The summed E-state index contributed by atoms with van der Waals surface area (Å²) in [6.45, 7) is 1.71. The lowest BCUT2D eigenvalue weighted by molar-refractivity contribution is 0.103. The second kappa shape index (κ2) is 4.25. The molecule has 0 aromatic carbocycles. The van der Waals surface area contributed by atoms with E-state index in [4.69, 9.17) is 10.7 Å². The number of rotatable bonds is 3. The van der Waals surface area contributed by atoms with Crippen LogP contribution in [0.5, 0.6) is 0 Å². The third-order valence-corrected chi connectivity index (χ3v) is 3.93. The standard InChI is InChI=1S/C10H10ClN3O3S/c1-6-8(4-12-13-6)10(15)7-3-9(14(2)5-7)18(11,16)17/h3-5H,1-2H3,(H,12,13). The lowest BCUT2D eigenvalue weighted by Crippen LogP contribution is -2.00. The van der Waals surface area contributed by atoms with Crippen LogP contribution in [-0.4, -0.2) is 29.0 Å². The number of aromatic nitrogens is 3. The van der Waals surface area contributed by atoms with E-state index in [1.54, 1.807) is 6.92 Å². The molecule has 0 amide bonds. The summed E-state index contributed by atoms with van der Waals surface area (Å²) >= 11 is 0. The van der Waals surface area contributed by atoms with Gasteiger partial charge in [-0.2, -0.15) is 5.10 Å². The fraction of sp³-hybridized carbons (Fsp3) is 0.200. The van der Waals surface area contributed by atoms with Crippen molar-refractivity contribution in [3.63, 3.8) is 0 Å². The summed E-state index contributed by atoms with van der Waals surface area (Å²) < 4.78 is 23.8. The molecule has 8 heteroatoms. The monoisotopic (exact) mass is 287 g/mol. The fourth-order valence-corrected chi connectivity index (χ4v) is 2.77. The number of ketones is 1. The molecular weight excluding hydrogens is 278 g/mol. The molecule has 0 aliphatic heterocycles. The normalized spacial score (nSPS) is 11.7. The first-order valence-electron chi connectivity index (χ1n) is 4.96. The van der Waals surface area contributed by atoms with Crippen molar-refractivity contribution in [3.8, 4) is 0 Å². The Labute approximate surface area is 108 Å². The second-order valence-corrected chi connectivity index (χ2v) is 6.37. The maximum atomic E-state index is 12.1. The molecule has 2 aromatic heterocycles. The lowest BCUT2D eigenvalue weighted by Gasteiger charge is -1.95. The van der Waals surface area contributed by atoms with E-state index in [0.717, 1.165) is 0 Å². The molecule has 2 aromatic rings. The van der Waals surface area contributed by atoms with Gasteiger partial charge >= 0.3 is 0 Å². The van der Waals surface area contributed by atoms with Gasteiger partial charge in [-0.05, 0) is 13.0 Å². The molecule has 0 atom stereocenters. The zero-order chi connectivity index (χ0) is 13.5. The first-order valence-corrected chi connectivity index (χ1v) is 7.27. The van der Waals surface area contributed by atoms with Crippen LogP contribution in [0.25, 0.3) is 0 Å². The molecule has 1 N–H and O–H groups in total. The van der Waals surface area contributed by atoms with Gasteiger partial charge < -0.3 is 4.57 Å². The largest absolute Gasteiger partial charge is 0.340 e. The van der Waals surface area contributed by atoms with E-state index in [1.807, 2.05) is 0 Å². The number of halogens is 1. The summed E-state index contributed by atoms with van der Waals surface area (Å²) in [7, 11) is 2.90. The van der Waals surface area contributed by atoms with Crippen LogP contribution >= 0.6 is 10.7 Å². The topological polar surface area (TPSA) is 84.8 Å². The molecule has 96 valence electrons. The Bertz CT molecular complexity index is 715. The quantitative estimate of drug-likeness (QED) is 0.679. The predicted molar refractivity (Wildman–Crippen MR) is 65.2 cm³/mol. The number of carbonyl (C=O) groups is 1. The van der Waals surface area contributed by atoms with Crippen molar-refractivity contribution in [1.29, 1.82) is 0 Å². The number of H-pyrrole nitrogens is 1. The number of aromatic amines is 1. The zero-order valence-electron chi connectivity index (χ0n) is 9.64. The Morgan fingerprint density at radius 3 is 2.61 bits per heavy atom. The van der Waals surface area contributed by atoms with Crippen LogP contribution in [0.15, 0.2) is 23.5 Å². The van der Waals surface area contributed by atoms with Gasteiger partial charge in [-0.3, -0.25) is 9.89 Å². The molecule has 2 heterocycles. The van der Waals surface area contributed by atoms with Crippen LogP contribution in [0.4, 0.5) is 0 Å². The van der Waals surface area contributed by atoms with E-state index in [-0.39, 0.29) is 16.4 Å². The molecule has 0 unspecified atom stereocenters. The van der Waals surface area contributed by atoms with E-state index >= 15 is 0 Å². The molecule has 0 fully saturated rings. The number of hydrogen-bond donors (Lipinski definition) is 1. The minimum absolute atomic E-state index is 0.117. The Morgan fingerprint density at radius 2 is 2.17 bits per heavy atom. The summed E-state index contributed by atoms with van der Waals surface area (Å²) in [6, 6.07) is 1.25. The van der Waals surface area contributed by atoms with Gasteiger partial charge in [-0.1, -0.05) is 0 Å². The average Bonchev–Trinajstić information content (AvgIpc) is 2.82. The van der Waals surface area contributed by atoms with Gasteiger partial charge in [0.25, 0.3) is 9.05 Å². The third kappa shape index (κ3) is 2.19. The van der Waals surface area contributed by atoms with Crippen LogP contribution in [-0.2, 0) is 16.1 Å². The second-order valence-electron chi connectivity index (χ2n) is 3.85. The molecule has 0 saturated carbocycles. The van der Waals surface area contributed by atoms with Gasteiger partial charge in [0.05, 0.1) is 11.8 Å². The first-order chi connectivity index (χ1) is 8.30. The van der Waals surface area contributed by atoms with Crippen LogP contribution < -0.4 is 0 Å². The van der Waals surface area contributed by atoms with Crippen molar-refractivity contribution in [2.24, 2.45) is 7.05 Å². The lowest BCUT2D eigenvalue weighted by atomic mass is 10.1. The Morgan fingerprint density at radius 1 is 1.50 bits per heavy atom. The molecule has 0 aliphatic rings. The van der Waals surface area contributed by atoms with Crippen LogP contribution in [0.1, 0.15) is 21.6 Å². The summed E-state index contributed by atoms with van der Waals surface area (Å²) in [5, 5.41) is 6.28. The number of nitrogens with zero attached hydrogens (tertiary/aromatic N) is 2. The minimum Gasteiger partial charge on any atom is -0.340 e. The van der Waals surface area contributed by atoms with Crippen molar-refractivity contribution >= 4 is 25.5 Å². The third-order valence-electron chi connectivity index (χ3n) is 2.55. The van der Waals surface area contributed by atoms with E-state index < -0.39 is 9.05 Å². The van der Waals surface area contributed by atoms with Gasteiger partial charge in [0, 0.05) is 35.2 Å². The van der Waals surface area contributed by atoms with Crippen LogP contribution in [0.3, 0.4) is 0 Å². The molecule has 18 heavy (non-hydrogen) atoms. The summed E-state index contributed by atoms with van der Waals surface area (Å²) in [4.78, 5) is 12.1. The maximum absolute atomic E-state index is 12.1. The molecule has 0 radical (unpaired) electrons. The molecule has 0 saturated heterocycles. The molecular formula is C10H10ClN3O3S. The molecule has 0 aliphatic carbocycles. The van der Waals surface area contributed by atoms with Crippen LogP contribution in [0.2, 0.25) is 0 Å². The first kappa shape index (κ1) is 12.8. The van der Waals surface area contributed by atoms with Gasteiger partial charge in [-0.15, -0.1) is 0 Å².